The molecule has 1 aromatic rings. The molecule has 1 aromatic heterocycles. The predicted octanol–water partition coefficient (Wildman–Crippen LogP) is 0.114. The van der Waals surface area contributed by atoms with Gasteiger partial charge in [0.25, 0.3) is 5.91 Å². The van der Waals surface area contributed by atoms with Crippen LogP contribution < -0.4 is 16.4 Å². The third kappa shape index (κ3) is 2.53. The van der Waals surface area contributed by atoms with Crippen LogP contribution >= 0.6 is 0 Å². The molecule has 2 heterocycles. The van der Waals surface area contributed by atoms with Crippen LogP contribution in [0.3, 0.4) is 0 Å². The number of aromatic nitrogens is 1. The lowest BCUT2D eigenvalue weighted by molar-refractivity contribution is 0.0350. The first-order valence-corrected chi connectivity index (χ1v) is 5.92. The molecule has 1 amide bonds. The topological polar surface area (TPSA) is 105 Å². The highest BCUT2D eigenvalue weighted by Crippen LogP contribution is 2.26. The Morgan fingerprint density at radius 3 is 2.67 bits per heavy atom. The molecule has 2 rings (SSSR count). The van der Waals surface area contributed by atoms with E-state index in [9.17, 15) is 9.90 Å². The van der Waals surface area contributed by atoms with Crippen molar-refractivity contribution in [2.45, 2.75) is 25.4 Å². The van der Waals surface area contributed by atoms with Crippen molar-refractivity contribution in [1.29, 1.82) is 0 Å². The molecule has 1 fully saturated rings. The van der Waals surface area contributed by atoms with E-state index < -0.39 is 11.5 Å². The zero-order valence-corrected chi connectivity index (χ0v) is 10.4. The highest BCUT2D eigenvalue weighted by atomic mass is 16.3. The van der Waals surface area contributed by atoms with Crippen molar-refractivity contribution in [2.75, 3.05) is 23.7 Å². The van der Waals surface area contributed by atoms with Crippen molar-refractivity contribution < 1.29 is 9.90 Å². The molecule has 0 bridgehead atoms. The minimum absolute atomic E-state index is 0.287. The number of aliphatic hydroxyl groups is 1. The number of nitrogen functional groups attached to an aromatic ring is 1. The number of primary amides is 1. The average molecular weight is 250 g/mol. The molecule has 98 valence electrons. The van der Waals surface area contributed by atoms with Crippen molar-refractivity contribution in [3.63, 3.8) is 0 Å². The fraction of sp³-hybridized carbons (Fsp3) is 0.500. The Morgan fingerprint density at radius 1 is 1.50 bits per heavy atom. The summed E-state index contributed by atoms with van der Waals surface area (Å²) in [6, 6.07) is 1.61. The van der Waals surface area contributed by atoms with Gasteiger partial charge in [-0.05, 0) is 25.8 Å². The average Bonchev–Trinajstić information content (AvgIpc) is 2.30. The number of amides is 1. The fourth-order valence-electron chi connectivity index (χ4n) is 2.06. The van der Waals surface area contributed by atoms with Crippen molar-refractivity contribution in [3.8, 4) is 0 Å². The summed E-state index contributed by atoms with van der Waals surface area (Å²) in [6.07, 6.45) is 2.79. The molecule has 0 saturated carbocycles. The summed E-state index contributed by atoms with van der Waals surface area (Å²) in [6.45, 7) is 3.22. The van der Waals surface area contributed by atoms with Gasteiger partial charge in [0.05, 0.1) is 23.0 Å². The molecule has 6 heteroatoms. The van der Waals surface area contributed by atoms with Crippen LogP contribution in [0.25, 0.3) is 0 Å². The quantitative estimate of drug-likeness (QED) is 0.691. The van der Waals surface area contributed by atoms with Gasteiger partial charge in [-0.2, -0.15) is 0 Å². The number of hydrogen-bond donors (Lipinski definition) is 3. The van der Waals surface area contributed by atoms with Gasteiger partial charge in [0, 0.05) is 13.1 Å². The van der Waals surface area contributed by atoms with E-state index in [1.165, 1.54) is 6.20 Å². The molecule has 0 aromatic carbocycles. The first-order chi connectivity index (χ1) is 8.39. The Morgan fingerprint density at radius 2 is 2.11 bits per heavy atom. The minimum atomic E-state index is -0.614. The van der Waals surface area contributed by atoms with Gasteiger partial charge in [0.15, 0.2) is 0 Å². The number of hydrogen-bond acceptors (Lipinski definition) is 5. The summed E-state index contributed by atoms with van der Waals surface area (Å²) in [7, 11) is 0. The van der Waals surface area contributed by atoms with Gasteiger partial charge in [-0.1, -0.05) is 0 Å². The largest absolute Gasteiger partial charge is 0.397 e. The maximum atomic E-state index is 11.2. The molecule has 0 unspecified atom stereocenters. The molecule has 5 N–H and O–H groups in total. The molecule has 18 heavy (non-hydrogen) atoms. The number of pyridine rings is 1. The monoisotopic (exact) mass is 250 g/mol. The first kappa shape index (κ1) is 12.6. The molecular weight excluding hydrogens is 232 g/mol. The van der Waals surface area contributed by atoms with Gasteiger partial charge in [-0.15, -0.1) is 0 Å². The molecular formula is C12H18N4O2. The van der Waals surface area contributed by atoms with E-state index in [1.54, 1.807) is 6.07 Å². The van der Waals surface area contributed by atoms with Crippen molar-refractivity contribution >= 4 is 17.4 Å². The van der Waals surface area contributed by atoms with E-state index in [-0.39, 0.29) is 11.3 Å². The van der Waals surface area contributed by atoms with Crippen molar-refractivity contribution in [1.82, 2.24) is 4.98 Å². The number of carbonyl (C=O) groups excluding carboxylic acids is 1. The zero-order valence-electron chi connectivity index (χ0n) is 10.4. The van der Waals surface area contributed by atoms with Crippen LogP contribution in [0.5, 0.6) is 0 Å². The Bertz CT molecular complexity index is 463. The van der Waals surface area contributed by atoms with Crippen LogP contribution in [0.15, 0.2) is 12.3 Å². The van der Waals surface area contributed by atoms with E-state index in [0.717, 1.165) is 0 Å². The molecule has 6 nitrogen and oxygen atoms in total. The van der Waals surface area contributed by atoms with Crippen LogP contribution in [0.2, 0.25) is 0 Å². The minimum Gasteiger partial charge on any atom is -0.397 e. The van der Waals surface area contributed by atoms with E-state index in [4.69, 9.17) is 11.5 Å². The van der Waals surface area contributed by atoms with Crippen LogP contribution in [0.4, 0.5) is 11.5 Å². The van der Waals surface area contributed by atoms with Gasteiger partial charge in [-0.3, -0.25) is 4.79 Å². The smallest absolute Gasteiger partial charge is 0.250 e. The Labute approximate surface area is 106 Å². The number of rotatable bonds is 2. The standard InChI is InChI=1S/C12H18N4O2/c1-12(18)2-4-16(5-3-12)10-6-8(11(14)17)9(13)7-15-10/h6-7,18H,2-5,13H2,1H3,(H2,14,17). The van der Waals surface area contributed by atoms with Gasteiger partial charge < -0.3 is 21.5 Å². The number of carbonyl (C=O) groups is 1. The van der Waals surface area contributed by atoms with Gasteiger partial charge in [0.1, 0.15) is 5.82 Å². The maximum Gasteiger partial charge on any atom is 0.250 e. The van der Waals surface area contributed by atoms with Crippen molar-refractivity contribution in [3.05, 3.63) is 17.8 Å². The normalized spacial score (nSPS) is 18.7. The molecule has 0 radical (unpaired) electrons. The second-order valence-electron chi connectivity index (χ2n) is 4.98. The third-order valence-electron chi connectivity index (χ3n) is 3.35. The Balaban J connectivity index is 2.20. The molecule has 0 atom stereocenters. The second-order valence-corrected chi connectivity index (χ2v) is 4.98. The van der Waals surface area contributed by atoms with E-state index in [2.05, 4.69) is 4.98 Å². The van der Waals surface area contributed by atoms with E-state index >= 15 is 0 Å². The number of nitrogens with two attached hydrogens (primary N) is 2. The lowest BCUT2D eigenvalue weighted by Gasteiger charge is -2.36. The summed E-state index contributed by atoms with van der Waals surface area (Å²) in [5.41, 5.74) is 10.9. The highest BCUT2D eigenvalue weighted by molar-refractivity contribution is 5.98. The Hall–Kier alpha value is -1.82. The molecule has 1 saturated heterocycles. The van der Waals surface area contributed by atoms with Crippen LogP contribution in [0.1, 0.15) is 30.1 Å². The van der Waals surface area contributed by atoms with Gasteiger partial charge in [0.2, 0.25) is 0 Å². The lowest BCUT2D eigenvalue weighted by Crippen LogP contribution is -2.42. The molecule has 0 spiro atoms. The summed E-state index contributed by atoms with van der Waals surface area (Å²) in [4.78, 5) is 17.4. The summed E-state index contributed by atoms with van der Waals surface area (Å²) in [5.74, 6) is 0.119. The SMILES string of the molecule is CC1(O)CCN(c2cc(C(N)=O)c(N)cn2)CC1. The Kier molecular flexibility index (Phi) is 3.13. The van der Waals surface area contributed by atoms with Gasteiger partial charge in [-0.25, -0.2) is 4.98 Å². The summed E-state index contributed by atoms with van der Waals surface area (Å²) < 4.78 is 0. The maximum absolute atomic E-state index is 11.2. The molecule has 1 aliphatic rings. The lowest BCUT2D eigenvalue weighted by atomic mass is 9.94. The second kappa shape index (κ2) is 4.45. The summed E-state index contributed by atoms with van der Waals surface area (Å²) in [5, 5.41) is 9.88. The number of nitrogens with zero attached hydrogens (tertiary/aromatic N) is 2. The summed E-state index contributed by atoms with van der Waals surface area (Å²) >= 11 is 0. The van der Waals surface area contributed by atoms with E-state index in [1.807, 2.05) is 11.8 Å². The highest BCUT2D eigenvalue weighted by Gasteiger charge is 2.28. The number of piperidine rings is 1. The fourth-order valence-corrected chi connectivity index (χ4v) is 2.06. The molecule has 1 aliphatic heterocycles. The van der Waals surface area contributed by atoms with Gasteiger partial charge >= 0.3 is 0 Å². The van der Waals surface area contributed by atoms with Crippen molar-refractivity contribution in [2.24, 2.45) is 5.73 Å². The zero-order chi connectivity index (χ0) is 13.3. The number of anilines is 2. The van der Waals surface area contributed by atoms with E-state index in [0.29, 0.717) is 31.7 Å². The van der Waals surface area contributed by atoms with Crippen LogP contribution in [-0.4, -0.2) is 34.7 Å². The van der Waals surface area contributed by atoms with Crippen LogP contribution in [-0.2, 0) is 0 Å². The third-order valence-corrected chi connectivity index (χ3v) is 3.35. The molecule has 0 aliphatic carbocycles. The van der Waals surface area contributed by atoms with Crippen LogP contribution in [0, 0.1) is 0 Å². The first-order valence-electron chi connectivity index (χ1n) is 5.92. The predicted molar refractivity (Wildman–Crippen MR) is 69.2 cm³/mol.